The number of unbranched alkanes of at least 4 members (excludes halogenated alkanes) is 10. The van der Waals surface area contributed by atoms with Gasteiger partial charge in [0.25, 0.3) is 0 Å². The zero-order valence-electron chi connectivity index (χ0n) is 19.6. The zero-order valence-corrected chi connectivity index (χ0v) is 22.0. The lowest BCUT2D eigenvalue weighted by Gasteiger charge is -2.06. The van der Waals surface area contributed by atoms with Gasteiger partial charge in [-0.15, -0.1) is 34.0 Å². The van der Waals surface area contributed by atoms with Gasteiger partial charge >= 0.3 is 0 Å². The van der Waals surface area contributed by atoms with E-state index >= 15 is 0 Å². The summed E-state index contributed by atoms with van der Waals surface area (Å²) in [6.45, 7) is 4.60. The van der Waals surface area contributed by atoms with Gasteiger partial charge in [0, 0.05) is 19.5 Å². The van der Waals surface area contributed by atoms with Crippen LogP contribution in [0.5, 0.6) is 0 Å². The topological polar surface area (TPSA) is 0 Å². The molecule has 0 nitrogen and oxygen atoms in total. The third-order valence-electron chi connectivity index (χ3n) is 6.13. The maximum atomic E-state index is 2.51. The van der Waals surface area contributed by atoms with E-state index in [4.69, 9.17) is 0 Å². The monoisotopic (exact) mass is 472 g/mol. The summed E-state index contributed by atoms with van der Waals surface area (Å²) in [6.07, 6.45) is 19.0. The molecule has 3 heteroatoms. The lowest BCUT2D eigenvalue weighted by atomic mass is 10.0. The van der Waals surface area contributed by atoms with Crippen molar-refractivity contribution in [2.45, 2.75) is 104 Å². The SMILES string of the molecule is CCCCCCCCc1ccsc1-c1sc(-c2cccs2)cc1CCCCCCCC. The Kier molecular flexibility index (Phi) is 11.4. The second kappa shape index (κ2) is 14.3. The fourth-order valence-corrected chi connectivity index (χ4v) is 7.48. The van der Waals surface area contributed by atoms with Gasteiger partial charge in [0.2, 0.25) is 0 Å². The second-order valence-corrected chi connectivity index (χ2v) is 11.7. The van der Waals surface area contributed by atoms with Crippen molar-refractivity contribution in [1.29, 1.82) is 0 Å². The molecule has 0 spiro atoms. The van der Waals surface area contributed by atoms with E-state index in [2.05, 4.69) is 48.9 Å². The van der Waals surface area contributed by atoms with Crippen LogP contribution in [0.25, 0.3) is 19.5 Å². The Balaban J connectivity index is 1.67. The molecule has 0 amide bonds. The van der Waals surface area contributed by atoms with Crippen LogP contribution in [0.2, 0.25) is 0 Å². The molecule has 0 aliphatic rings. The Morgan fingerprint density at radius 1 is 0.581 bits per heavy atom. The standard InChI is InChI=1S/C28H40S3/c1-3-5-7-9-11-13-16-23-19-21-30-27(23)28-24(17-14-12-10-8-6-4-2)22-26(31-28)25-18-15-20-29-25/h15,18-22H,3-14,16-17H2,1-2H3. The minimum atomic E-state index is 1.23. The Hall–Kier alpha value is -0.900. The summed E-state index contributed by atoms with van der Waals surface area (Å²) in [7, 11) is 0. The zero-order chi connectivity index (χ0) is 21.7. The minimum Gasteiger partial charge on any atom is -0.143 e. The van der Waals surface area contributed by atoms with Gasteiger partial charge in [-0.3, -0.25) is 0 Å². The van der Waals surface area contributed by atoms with Crippen LogP contribution in [0, 0.1) is 0 Å². The van der Waals surface area contributed by atoms with E-state index in [1.807, 2.05) is 34.0 Å². The third-order valence-corrected chi connectivity index (χ3v) is 9.49. The van der Waals surface area contributed by atoms with Crippen molar-refractivity contribution in [1.82, 2.24) is 0 Å². The van der Waals surface area contributed by atoms with Gasteiger partial charge in [0.15, 0.2) is 0 Å². The van der Waals surface area contributed by atoms with Crippen LogP contribution < -0.4 is 0 Å². The Morgan fingerprint density at radius 3 is 1.87 bits per heavy atom. The molecule has 3 rings (SSSR count). The molecule has 0 N–H and O–H groups in total. The van der Waals surface area contributed by atoms with Crippen LogP contribution in [-0.2, 0) is 12.8 Å². The van der Waals surface area contributed by atoms with Crippen molar-refractivity contribution in [2.75, 3.05) is 0 Å². The number of hydrogen-bond donors (Lipinski definition) is 0. The third kappa shape index (κ3) is 7.87. The normalized spacial score (nSPS) is 11.4. The average molecular weight is 473 g/mol. The van der Waals surface area contributed by atoms with Crippen molar-refractivity contribution in [2.24, 2.45) is 0 Å². The van der Waals surface area contributed by atoms with E-state index in [1.165, 1.54) is 99.6 Å². The molecule has 3 aromatic rings. The summed E-state index contributed by atoms with van der Waals surface area (Å²) < 4.78 is 0. The summed E-state index contributed by atoms with van der Waals surface area (Å²) in [5.74, 6) is 0. The first kappa shape index (κ1) is 24.7. The van der Waals surface area contributed by atoms with Crippen molar-refractivity contribution in [3.63, 3.8) is 0 Å². The first-order chi connectivity index (χ1) is 15.3. The molecule has 31 heavy (non-hydrogen) atoms. The lowest BCUT2D eigenvalue weighted by Crippen LogP contribution is -1.89. The lowest BCUT2D eigenvalue weighted by molar-refractivity contribution is 0.607. The number of aryl methyl sites for hydroxylation is 2. The van der Waals surface area contributed by atoms with Crippen LogP contribution in [-0.4, -0.2) is 0 Å². The summed E-state index contributed by atoms with van der Waals surface area (Å²) in [5, 5.41) is 4.53. The average Bonchev–Trinajstić information content (AvgIpc) is 3.53. The molecule has 0 unspecified atom stereocenters. The Labute approximate surface area is 202 Å². The van der Waals surface area contributed by atoms with E-state index < -0.39 is 0 Å². The molecular weight excluding hydrogens is 433 g/mol. The molecule has 0 bridgehead atoms. The van der Waals surface area contributed by atoms with Crippen LogP contribution in [0.15, 0.2) is 35.0 Å². The number of hydrogen-bond acceptors (Lipinski definition) is 3. The molecule has 0 aromatic carbocycles. The van der Waals surface area contributed by atoms with E-state index in [1.54, 1.807) is 20.9 Å². The molecule has 0 atom stereocenters. The molecule has 0 radical (unpaired) electrons. The first-order valence-corrected chi connectivity index (χ1v) is 15.1. The largest absolute Gasteiger partial charge is 0.143 e. The van der Waals surface area contributed by atoms with Gasteiger partial charge in [-0.05, 0) is 65.8 Å². The summed E-state index contributed by atoms with van der Waals surface area (Å²) in [5.41, 5.74) is 3.18. The highest BCUT2D eigenvalue weighted by Gasteiger charge is 2.17. The highest BCUT2D eigenvalue weighted by molar-refractivity contribution is 7.26. The molecule has 170 valence electrons. The second-order valence-electron chi connectivity index (χ2n) is 8.75. The van der Waals surface area contributed by atoms with Gasteiger partial charge < -0.3 is 0 Å². The summed E-state index contributed by atoms with van der Waals surface area (Å²) >= 11 is 5.87. The Bertz CT molecular complexity index is 838. The van der Waals surface area contributed by atoms with Crippen molar-refractivity contribution in [3.8, 4) is 19.5 Å². The first-order valence-electron chi connectivity index (χ1n) is 12.6. The van der Waals surface area contributed by atoms with Gasteiger partial charge in [-0.2, -0.15) is 0 Å². The molecule has 0 aliphatic heterocycles. The molecule has 3 aromatic heterocycles. The molecule has 0 saturated carbocycles. The Morgan fingerprint density at radius 2 is 1.23 bits per heavy atom. The van der Waals surface area contributed by atoms with E-state index in [9.17, 15) is 0 Å². The fraction of sp³-hybridized carbons (Fsp3) is 0.571. The maximum Gasteiger partial charge on any atom is 0.0484 e. The van der Waals surface area contributed by atoms with Gasteiger partial charge in [-0.1, -0.05) is 84.1 Å². The van der Waals surface area contributed by atoms with E-state index in [0.29, 0.717) is 0 Å². The molecule has 0 saturated heterocycles. The van der Waals surface area contributed by atoms with Crippen molar-refractivity contribution >= 4 is 34.0 Å². The predicted molar refractivity (Wildman–Crippen MR) is 145 cm³/mol. The highest BCUT2D eigenvalue weighted by atomic mass is 32.1. The minimum absolute atomic E-state index is 1.23. The van der Waals surface area contributed by atoms with E-state index in [-0.39, 0.29) is 0 Å². The molecule has 0 aliphatic carbocycles. The smallest absolute Gasteiger partial charge is 0.0484 e. The maximum absolute atomic E-state index is 2.51. The van der Waals surface area contributed by atoms with Crippen LogP contribution >= 0.6 is 34.0 Å². The molecule has 0 fully saturated rings. The number of thiophene rings is 3. The van der Waals surface area contributed by atoms with Crippen LogP contribution in [0.4, 0.5) is 0 Å². The highest BCUT2D eigenvalue weighted by Crippen LogP contribution is 2.44. The fourth-order valence-electron chi connectivity index (χ4n) is 4.27. The molecule has 3 heterocycles. The van der Waals surface area contributed by atoms with Gasteiger partial charge in [0.1, 0.15) is 0 Å². The van der Waals surface area contributed by atoms with Crippen LogP contribution in [0.1, 0.15) is 102 Å². The van der Waals surface area contributed by atoms with Gasteiger partial charge in [0.05, 0.1) is 0 Å². The van der Waals surface area contributed by atoms with Crippen molar-refractivity contribution in [3.05, 3.63) is 46.2 Å². The van der Waals surface area contributed by atoms with E-state index in [0.717, 1.165) is 0 Å². The molecular formula is C28H40S3. The quantitative estimate of drug-likeness (QED) is 0.182. The van der Waals surface area contributed by atoms with Gasteiger partial charge in [-0.25, -0.2) is 0 Å². The van der Waals surface area contributed by atoms with Crippen LogP contribution in [0.3, 0.4) is 0 Å². The summed E-state index contributed by atoms with van der Waals surface area (Å²) in [4.78, 5) is 6.01. The van der Waals surface area contributed by atoms with Crippen molar-refractivity contribution < 1.29 is 0 Å². The predicted octanol–water partition coefficient (Wildman–Crippen LogP) is 11.0. The number of rotatable bonds is 16. The summed E-state index contributed by atoms with van der Waals surface area (Å²) in [6, 6.07) is 9.36.